The largest absolute Gasteiger partial charge is 0.493 e. The highest BCUT2D eigenvalue weighted by Gasteiger charge is 2.12. The smallest absolute Gasteiger partial charge is 0.241 e. The van der Waals surface area contributed by atoms with Gasteiger partial charge in [0.2, 0.25) is 5.91 Å². The van der Waals surface area contributed by atoms with E-state index in [4.69, 9.17) is 26.8 Å². The molecule has 4 nitrogen and oxygen atoms in total. The summed E-state index contributed by atoms with van der Waals surface area (Å²) in [5.41, 5.74) is 6.74. The second-order valence-corrected chi connectivity index (χ2v) is 5.91. The third-order valence-corrected chi connectivity index (χ3v) is 3.98. The molecule has 0 heterocycles. The van der Waals surface area contributed by atoms with E-state index in [0.717, 1.165) is 11.1 Å². The predicted molar refractivity (Wildman–Crippen MR) is 94.7 cm³/mol. The zero-order chi connectivity index (χ0) is 16.8. The van der Waals surface area contributed by atoms with Crippen LogP contribution in [0.5, 0.6) is 11.5 Å². The number of benzene rings is 2. The molecule has 0 unspecified atom stereocenters. The molecule has 0 spiro atoms. The summed E-state index contributed by atoms with van der Waals surface area (Å²) in [5.74, 6) is 0.582. The number of primary amides is 1. The van der Waals surface area contributed by atoms with Crippen LogP contribution < -0.4 is 15.2 Å². The van der Waals surface area contributed by atoms with Gasteiger partial charge in [-0.2, -0.15) is 0 Å². The van der Waals surface area contributed by atoms with E-state index in [9.17, 15) is 4.79 Å². The highest BCUT2D eigenvalue weighted by atomic mass is 79.9. The fourth-order valence-corrected chi connectivity index (χ4v) is 2.68. The lowest BCUT2D eigenvalue weighted by molar-refractivity contribution is -0.113. The summed E-state index contributed by atoms with van der Waals surface area (Å²) in [6.07, 6.45) is 2.89. The fourth-order valence-electron chi connectivity index (χ4n) is 1.92. The first-order valence-corrected chi connectivity index (χ1v) is 7.89. The van der Waals surface area contributed by atoms with Crippen LogP contribution in [0.1, 0.15) is 11.1 Å². The molecule has 6 heteroatoms. The van der Waals surface area contributed by atoms with Crippen LogP contribution in [0.3, 0.4) is 0 Å². The molecular formula is C17H15BrClNO3. The van der Waals surface area contributed by atoms with Crippen LogP contribution in [-0.4, -0.2) is 13.0 Å². The maximum Gasteiger partial charge on any atom is 0.241 e. The summed E-state index contributed by atoms with van der Waals surface area (Å²) < 4.78 is 11.9. The lowest BCUT2D eigenvalue weighted by atomic mass is 10.2. The van der Waals surface area contributed by atoms with Crippen molar-refractivity contribution in [1.29, 1.82) is 0 Å². The lowest BCUT2D eigenvalue weighted by Gasteiger charge is -2.14. The molecule has 2 aromatic carbocycles. The second-order valence-electron chi connectivity index (χ2n) is 4.65. The fraction of sp³-hybridized carbons (Fsp3) is 0.118. The van der Waals surface area contributed by atoms with E-state index in [0.29, 0.717) is 27.6 Å². The SMILES string of the molecule is COc1cc(/C=C/C(N)=O)cc(Br)c1OCc1ccccc1Cl. The van der Waals surface area contributed by atoms with Crippen LogP contribution in [0.15, 0.2) is 46.9 Å². The molecule has 0 bridgehead atoms. The summed E-state index contributed by atoms with van der Waals surface area (Å²) in [4.78, 5) is 10.8. The van der Waals surface area contributed by atoms with Gasteiger partial charge in [-0.25, -0.2) is 0 Å². The average molecular weight is 397 g/mol. The number of carbonyl (C=O) groups is 1. The van der Waals surface area contributed by atoms with Gasteiger partial charge in [0.1, 0.15) is 6.61 Å². The molecule has 2 N–H and O–H groups in total. The van der Waals surface area contributed by atoms with Gasteiger partial charge >= 0.3 is 0 Å². The average Bonchev–Trinajstić information content (AvgIpc) is 2.52. The highest BCUT2D eigenvalue weighted by molar-refractivity contribution is 9.10. The third kappa shape index (κ3) is 4.74. The summed E-state index contributed by atoms with van der Waals surface area (Å²) in [7, 11) is 1.55. The van der Waals surface area contributed by atoms with Crippen molar-refractivity contribution in [3.05, 3.63) is 63.1 Å². The normalized spacial score (nSPS) is 10.7. The van der Waals surface area contributed by atoms with Gasteiger partial charge in [-0.05, 0) is 45.8 Å². The molecule has 0 atom stereocenters. The van der Waals surface area contributed by atoms with E-state index < -0.39 is 5.91 Å². The minimum absolute atomic E-state index is 0.311. The van der Waals surface area contributed by atoms with Crippen LogP contribution in [0.25, 0.3) is 6.08 Å². The molecule has 2 aromatic rings. The summed E-state index contributed by atoms with van der Waals surface area (Å²) in [5, 5.41) is 0.642. The number of amides is 1. The van der Waals surface area contributed by atoms with Crippen LogP contribution >= 0.6 is 27.5 Å². The van der Waals surface area contributed by atoms with Crippen LogP contribution in [0.2, 0.25) is 5.02 Å². The lowest BCUT2D eigenvalue weighted by Crippen LogP contribution is -2.05. The standard InChI is InChI=1S/C17H15BrClNO3/c1-22-15-9-11(6-7-16(20)21)8-13(18)17(15)23-10-12-4-2-3-5-14(12)19/h2-9H,10H2,1H3,(H2,20,21)/b7-6+. The van der Waals surface area contributed by atoms with Gasteiger partial charge in [-0.15, -0.1) is 0 Å². The Morgan fingerprint density at radius 3 is 2.74 bits per heavy atom. The van der Waals surface area contributed by atoms with Crippen LogP contribution in [-0.2, 0) is 11.4 Å². The Morgan fingerprint density at radius 2 is 2.09 bits per heavy atom. The molecule has 2 rings (SSSR count). The van der Waals surface area contributed by atoms with Crippen molar-refractivity contribution in [3.8, 4) is 11.5 Å². The molecule has 0 saturated heterocycles. The summed E-state index contributed by atoms with van der Waals surface area (Å²) >= 11 is 9.57. The first kappa shape index (κ1) is 17.4. The van der Waals surface area contributed by atoms with Gasteiger partial charge in [-0.3, -0.25) is 4.79 Å². The number of carbonyl (C=O) groups excluding carboxylic acids is 1. The van der Waals surface area contributed by atoms with Crippen molar-refractivity contribution in [1.82, 2.24) is 0 Å². The summed E-state index contributed by atoms with van der Waals surface area (Å²) in [6.45, 7) is 0.311. The van der Waals surface area contributed by atoms with Gasteiger partial charge < -0.3 is 15.2 Å². The molecule has 1 amide bonds. The Kier molecular flexibility index (Phi) is 6.07. The minimum Gasteiger partial charge on any atom is -0.493 e. The van der Waals surface area contributed by atoms with Crippen molar-refractivity contribution in [2.24, 2.45) is 5.73 Å². The van der Waals surface area contributed by atoms with Gasteiger partial charge in [0.15, 0.2) is 11.5 Å². The van der Waals surface area contributed by atoms with Crippen LogP contribution in [0, 0.1) is 0 Å². The molecule has 0 aromatic heterocycles. The molecule has 23 heavy (non-hydrogen) atoms. The van der Waals surface area contributed by atoms with E-state index in [1.165, 1.54) is 6.08 Å². The van der Waals surface area contributed by atoms with E-state index in [1.54, 1.807) is 19.3 Å². The Morgan fingerprint density at radius 1 is 1.35 bits per heavy atom. The van der Waals surface area contributed by atoms with Gasteiger partial charge in [-0.1, -0.05) is 29.8 Å². The van der Waals surface area contributed by atoms with Crippen molar-refractivity contribution < 1.29 is 14.3 Å². The Labute approximate surface area is 148 Å². The van der Waals surface area contributed by atoms with E-state index >= 15 is 0 Å². The summed E-state index contributed by atoms with van der Waals surface area (Å²) in [6, 6.07) is 11.0. The topological polar surface area (TPSA) is 61.5 Å². The minimum atomic E-state index is -0.515. The molecule has 0 aliphatic heterocycles. The molecule has 0 radical (unpaired) electrons. The van der Waals surface area contributed by atoms with Crippen molar-refractivity contribution >= 4 is 39.5 Å². The molecular weight excluding hydrogens is 382 g/mol. The number of nitrogens with two attached hydrogens (primary N) is 1. The van der Waals surface area contributed by atoms with Crippen LogP contribution in [0.4, 0.5) is 0 Å². The number of hydrogen-bond donors (Lipinski definition) is 1. The van der Waals surface area contributed by atoms with E-state index in [-0.39, 0.29) is 0 Å². The molecule has 0 saturated carbocycles. The van der Waals surface area contributed by atoms with Gasteiger partial charge in [0.05, 0.1) is 11.6 Å². The van der Waals surface area contributed by atoms with E-state index in [2.05, 4.69) is 15.9 Å². The quantitative estimate of drug-likeness (QED) is 0.745. The van der Waals surface area contributed by atoms with Gasteiger partial charge in [0, 0.05) is 16.7 Å². The second kappa shape index (κ2) is 8.04. The zero-order valence-electron chi connectivity index (χ0n) is 12.4. The Bertz CT molecular complexity index is 747. The first-order chi connectivity index (χ1) is 11.0. The first-order valence-electron chi connectivity index (χ1n) is 6.72. The number of hydrogen-bond acceptors (Lipinski definition) is 3. The Balaban J connectivity index is 2.24. The molecule has 0 aliphatic rings. The number of methoxy groups -OCH3 is 1. The maximum atomic E-state index is 10.8. The Hall–Kier alpha value is -1.98. The number of rotatable bonds is 6. The molecule has 0 aliphatic carbocycles. The van der Waals surface area contributed by atoms with E-state index in [1.807, 2.05) is 30.3 Å². The number of ether oxygens (including phenoxy) is 2. The van der Waals surface area contributed by atoms with Crippen molar-refractivity contribution in [3.63, 3.8) is 0 Å². The monoisotopic (exact) mass is 395 g/mol. The molecule has 0 fully saturated rings. The van der Waals surface area contributed by atoms with Crippen molar-refractivity contribution in [2.75, 3.05) is 7.11 Å². The van der Waals surface area contributed by atoms with Gasteiger partial charge in [0.25, 0.3) is 0 Å². The highest BCUT2D eigenvalue weighted by Crippen LogP contribution is 2.37. The maximum absolute atomic E-state index is 10.8. The molecule has 120 valence electrons. The predicted octanol–water partition coefficient (Wildman–Crippen LogP) is 4.19. The third-order valence-electron chi connectivity index (χ3n) is 3.02. The zero-order valence-corrected chi connectivity index (χ0v) is 14.7. The number of halogens is 2. The van der Waals surface area contributed by atoms with Crippen molar-refractivity contribution in [2.45, 2.75) is 6.61 Å².